The van der Waals surface area contributed by atoms with E-state index in [9.17, 15) is 14.0 Å². The summed E-state index contributed by atoms with van der Waals surface area (Å²) >= 11 is 0. The summed E-state index contributed by atoms with van der Waals surface area (Å²) in [5, 5.41) is 2.83. The van der Waals surface area contributed by atoms with Gasteiger partial charge in [0, 0.05) is 31.9 Å². The van der Waals surface area contributed by atoms with Crippen LogP contribution in [0.1, 0.15) is 22.3 Å². The first kappa shape index (κ1) is 17.8. The Labute approximate surface area is 150 Å². The number of methoxy groups -OCH3 is 1. The van der Waals surface area contributed by atoms with Gasteiger partial charge in [0.05, 0.1) is 18.7 Å². The van der Waals surface area contributed by atoms with E-state index >= 15 is 0 Å². The van der Waals surface area contributed by atoms with Crippen molar-refractivity contribution >= 4 is 11.8 Å². The van der Waals surface area contributed by atoms with E-state index in [1.807, 2.05) is 0 Å². The molecule has 8 heteroatoms. The summed E-state index contributed by atoms with van der Waals surface area (Å²) in [5.74, 6) is -0.620. The maximum Gasteiger partial charge on any atom is 0.316 e. The predicted molar refractivity (Wildman–Crippen MR) is 91.1 cm³/mol. The molecule has 0 radical (unpaired) electrons. The van der Waals surface area contributed by atoms with Gasteiger partial charge in [-0.1, -0.05) is 12.1 Å². The number of halogens is 1. The fourth-order valence-electron chi connectivity index (χ4n) is 2.81. The maximum absolute atomic E-state index is 12.9. The number of rotatable bonds is 6. The number of aromatic nitrogens is 2. The predicted octanol–water partition coefficient (Wildman–Crippen LogP) is 1.20. The normalized spacial score (nSPS) is 16.6. The molecule has 1 aliphatic heterocycles. The highest BCUT2D eigenvalue weighted by atomic mass is 19.1. The molecule has 1 atom stereocenters. The minimum Gasteiger partial charge on any atom is -0.467 e. The van der Waals surface area contributed by atoms with Crippen LogP contribution in [0.4, 0.5) is 4.39 Å². The molecule has 0 saturated carbocycles. The average Bonchev–Trinajstić information content (AvgIpc) is 3.00. The number of amides is 2. The number of likely N-dealkylation sites (tertiary alicyclic amines) is 1. The van der Waals surface area contributed by atoms with Crippen LogP contribution in [0.25, 0.3) is 0 Å². The molecular weight excluding hydrogens is 339 g/mol. The van der Waals surface area contributed by atoms with Crippen LogP contribution >= 0.6 is 0 Å². The lowest BCUT2D eigenvalue weighted by molar-refractivity contribution is -0.127. The smallest absolute Gasteiger partial charge is 0.316 e. The van der Waals surface area contributed by atoms with E-state index in [0.29, 0.717) is 25.1 Å². The van der Waals surface area contributed by atoms with Crippen LogP contribution in [0, 0.1) is 5.82 Å². The van der Waals surface area contributed by atoms with Crippen molar-refractivity contribution in [2.75, 3.05) is 20.2 Å². The number of nitrogens with zero attached hydrogens (tertiary/aromatic N) is 3. The lowest BCUT2D eigenvalue weighted by Gasteiger charge is -2.17. The average molecular weight is 358 g/mol. The van der Waals surface area contributed by atoms with Gasteiger partial charge in [0.25, 0.3) is 5.91 Å². The van der Waals surface area contributed by atoms with Crippen molar-refractivity contribution in [2.45, 2.75) is 18.9 Å². The number of hydrogen-bond acceptors (Lipinski definition) is 5. The minimum absolute atomic E-state index is 0.0107. The second-order valence-electron chi connectivity index (χ2n) is 6.05. The van der Waals surface area contributed by atoms with Crippen LogP contribution in [0.3, 0.4) is 0 Å². The second kappa shape index (κ2) is 7.90. The zero-order valence-corrected chi connectivity index (χ0v) is 14.3. The van der Waals surface area contributed by atoms with Gasteiger partial charge in [0.1, 0.15) is 5.82 Å². The van der Waals surface area contributed by atoms with Crippen LogP contribution < -0.4 is 10.1 Å². The monoisotopic (exact) mass is 358 g/mol. The quantitative estimate of drug-likeness (QED) is 0.839. The molecular formula is C18H19FN4O3. The highest BCUT2D eigenvalue weighted by Crippen LogP contribution is 2.14. The molecule has 2 aromatic rings. The van der Waals surface area contributed by atoms with Crippen molar-refractivity contribution in [1.29, 1.82) is 0 Å². The van der Waals surface area contributed by atoms with Gasteiger partial charge in [-0.25, -0.2) is 14.4 Å². The Kier molecular flexibility index (Phi) is 5.40. The number of carbonyl (C=O) groups is 2. The first-order chi connectivity index (χ1) is 12.5. The van der Waals surface area contributed by atoms with Crippen molar-refractivity contribution < 1.29 is 18.7 Å². The van der Waals surface area contributed by atoms with Gasteiger partial charge < -0.3 is 15.0 Å². The molecule has 1 aromatic heterocycles. The fraction of sp³-hybridized carbons (Fsp3) is 0.333. The van der Waals surface area contributed by atoms with Crippen LogP contribution in [-0.4, -0.2) is 52.9 Å². The molecule has 2 amide bonds. The van der Waals surface area contributed by atoms with Gasteiger partial charge in [-0.15, -0.1) is 0 Å². The molecule has 0 aliphatic carbocycles. The van der Waals surface area contributed by atoms with Gasteiger partial charge >= 0.3 is 6.01 Å². The van der Waals surface area contributed by atoms with Crippen molar-refractivity contribution in [1.82, 2.24) is 20.2 Å². The van der Waals surface area contributed by atoms with Gasteiger partial charge in [-0.05, 0) is 24.1 Å². The highest BCUT2D eigenvalue weighted by Gasteiger charge is 2.30. The largest absolute Gasteiger partial charge is 0.467 e. The van der Waals surface area contributed by atoms with Crippen LogP contribution in [0.5, 0.6) is 6.01 Å². The molecule has 1 saturated heterocycles. The standard InChI is InChI=1S/C18H19FN4O3/c1-26-18-20-9-13(10-21-18)17(25)22-15-8-16(24)23(11-15)7-6-12-2-4-14(19)5-3-12/h2-5,9-10,15H,6-8,11H2,1H3,(H,22,25)/t15-/m0/s1. The lowest BCUT2D eigenvalue weighted by Crippen LogP contribution is -2.37. The molecule has 1 aromatic carbocycles. The first-order valence-electron chi connectivity index (χ1n) is 8.24. The molecule has 1 fully saturated rings. The molecule has 26 heavy (non-hydrogen) atoms. The van der Waals surface area contributed by atoms with Crippen molar-refractivity contribution in [3.05, 3.63) is 53.6 Å². The zero-order valence-electron chi connectivity index (χ0n) is 14.3. The Hall–Kier alpha value is -3.03. The van der Waals surface area contributed by atoms with Gasteiger partial charge in [0.15, 0.2) is 0 Å². The van der Waals surface area contributed by atoms with E-state index in [1.165, 1.54) is 31.6 Å². The van der Waals surface area contributed by atoms with E-state index in [4.69, 9.17) is 4.74 Å². The summed E-state index contributed by atoms with van der Waals surface area (Å²) in [6, 6.07) is 6.15. The molecule has 7 nitrogen and oxygen atoms in total. The molecule has 1 N–H and O–H groups in total. The number of benzene rings is 1. The molecule has 3 rings (SSSR count). The molecule has 0 unspecified atom stereocenters. The van der Waals surface area contributed by atoms with Crippen LogP contribution in [0.2, 0.25) is 0 Å². The first-order valence-corrected chi connectivity index (χ1v) is 8.24. The Morgan fingerprint density at radius 3 is 2.65 bits per heavy atom. The molecule has 136 valence electrons. The van der Waals surface area contributed by atoms with Gasteiger partial charge in [-0.2, -0.15) is 0 Å². The minimum atomic E-state index is -0.328. The van der Waals surface area contributed by atoms with E-state index in [1.54, 1.807) is 17.0 Å². The third-order valence-corrected chi connectivity index (χ3v) is 4.21. The molecule has 2 heterocycles. The maximum atomic E-state index is 12.9. The van der Waals surface area contributed by atoms with Crippen molar-refractivity contribution in [2.24, 2.45) is 0 Å². The van der Waals surface area contributed by atoms with Crippen molar-refractivity contribution in [3.63, 3.8) is 0 Å². The number of nitrogens with one attached hydrogen (secondary N) is 1. The number of ether oxygens (including phenoxy) is 1. The van der Waals surface area contributed by atoms with Crippen LogP contribution in [-0.2, 0) is 11.2 Å². The summed E-state index contributed by atoms with van der Waals surface area (Å²) in [7, 11) is 1.44. The fourth-order valence-corrected chi connectivity index (χ4v) is 2.81. The zero-order chi connectivity index (χ0) is 18.5. The molecule has 0 spiro atoms. The van der Waals surface area contributed by atoms with E-state index < -0.39 is 0 Å². The third-order valence-electron chi connectivity index (χ3n) is 4.21. The van der Waals surface area contributed by atoms with E-state index in [0.717, 1.165) is 5.56 Å². The SMILES string of the molecule is COc1ncc(C(=O)N[C@H]2CC(=O)N(CCc3ccc(F)cc3)C2)cn1. The van der Waals surface area contributed by atoms with Gasteiger partial charge in [0.2, 0.25) is 5.91 Å². The highest BCUT2D eigenvalue weighted by molar-refractivity contribution is 5.94. The summed E-state index contributed by atoms with van der Waals surface area (Å²) in [6.07, 6.45) is 3.65. The molecule has 1 aliphatic rings. The Morgan fingerprint density at radius 2 is 2.00 bits per heavy atom. The summed E-state index contributed by atoms with van der Waals surface area (Å²) in [4.78, 5) is 33.9. The van der Waals surface area contributed by atoms with Crippen LogP contribution in [0.15, 0.2) is 36.7 Å². The van der Waals surface area contributed by atoms with Gasteiger partial charge in [-0.3, -0.25) is 9.59 Å². The Balaban J connectivity index is 1.51. The number of carbonyl (C=O) groups excluding carboxylic acids is 2. The summed E-state index contributed by atoms with van der Waals surface area (Å²) < 4.78 is 17.8. The second-order valence-corrected chi connectivity index (χ2v) is 6.05. The topological polar surface area (TPSA) is 84.4 Å². The van der Waals surface area contributed by atoms with E-state index in [-0.39, 0.29) is 36.1 Å². The molecule has 0 bridgehead atoms. The summed E-state index contributed by atoms with van der Waals surface area (Å²) in [5.41, 5.74) is 1.27. The Morgan fingerprint density at radius 1 is 1.31 bits per heavy atom. The Bertz CT molecular complexity index is 780. The third kappa shape index (κ3) is 4.33. The summed E-state index contributed by atoms with van der Waals surface area (Å²) in [6.45, 7) is 0.977. The lowest BCUT2D eigenvalue weighted by atomic mass is 10.1. The van der Waals surface area contributed by atoms with E-state index in [2.05, 4.69) is 15.3 Å². The number of hydrogen-bond donors (Lipinski definition) is 1. The van der Waals surface area contributed by atoms with Crippen molar-refractivity contribution in [3.8, 4) is 6.01 Å².